The number of fused-ring (bicyclic) bond motifs is 1. The van der Waals surface area contributed by atoms with E-state index in [4.69, 9.17) is 0 Å². The van der Waals surface area contributed by atoms with Crippen molar-refractivity contribution in [2.75, 3.05) is 5.75 Å². The largest absolute Gasteiger partial charge is 0.349 e. The highest BCUT2D eigenvalue weighted by atomic mass is 32.2. The molecule has 4 nitrogen and oxygen atoms in total. The highest BCUT2D eigenvalue weighted by molar-refractivity contribution is 7.99. The molecule has 0 saturated carbocycles. The number of nitrogens with one attached hydrogen (secondary N) is 2. The minimum Gasteiger partial charge on any atom is -0.349 e. The first kappa shape index (κ1) is 16.6. The molecule has 1 unspecified atom stereocenters. The van der Waals surface area contributed by atoms with Crippen molar-refractivity contribution >= 4 is 28.7 Å². The Hall–Kier alpha value is -2.27. The molecule has 3 aromatic rings. The number of hydrogen-bond donors (Lipinski definition) is 2. The number of carbonyl (C=O) groups excluding carboxylic acids is 1. The van der Waals surface area contributed by atoms with Crippen LogP contribution in [0.15, 0.2) is 59.8 Å². The summed E-state index contributed by atoms with van der Waals surface area (Å²) in [5.41, 5.74) is 3.07. The molecule has 0 aliphatic heterocycles. The molecular weight excluding hydrogens is 318 g/mol. The number of rotatable bonds is 7. The molecule has 0 aliphatic carbocycles. The molecule has 1 amide bonds. The molecule has 0 saturated heterocycles. The number of nitrogens with zero attached hydrogens (tertiary/aromatic N) is 1. The van der Waals surface area contributed by atoms with Gasteiger partial charge in [-0.2, -0.15) is 0 Å². The van der Waals surface area contributed by atoms with Crippen molar-refractivity contribution in [2.24, 2.45) is 0 Å². The van der Waals surface area contributed by atoms with Gasteiger partial charge in [-0.05, 0) is 24.1 Å². The van der Waals surface area contributed by atoms with E-state index in [-0.39, 0.29) is 11.9 Å². The summed E-state index contributed by atoms with van der Waals surface area (Å²) in [6.45, 7) is 2.13. The summed E-state index contributed by atoms with van der Waals surface area (Å²) in [5.74, 6) is 0.384. The van der Waals surface area contributed by atoms with Gasteiger partial charge in [0.25, 0.3) is 0 Å². The Bertz CT molecular complexity index is 767. The zero-order valence-electron chi connectivity index (χ0n) is 13.7. The maximum atomic E-state index is 12.3. The summed E-state index contributed by atoms with van der Waals surface area (Å²) >= 11 is 1.43. The van der Waals surface area contributed by atoms with Gasteiger partial charge in [-0.25, -0.2) is 4.98 Å². The smallest absolute Gasteiger partial charge is 0.230 e. The molecular formula is C19H21N3OS. The predicted molar refractivity (Wildman–Crippen MR) is 99.1 cm³/mol. The normalized spacial score (nSPS) is 12.2. The van der Waals surface area contributed by atoms with E-state index in [1.165, 1.54) is 11.8 Å². The van der Waals surface area contributed by atoms with E-state index in [0.29, 0.717) is 5.75 Å². The van der Waals surface area contributed by atoms with Crippen LogP contribution in [0.4, 0.5) is 0 Å². The van der Waals surface area contributed by atoms with Gasteiger partial charge in [0, 0.05) is 0 Å². The SMILES string of the molecule is CCCC(NC(=O)CSc1nc2ccccc2[nH]1)c1ccccc1. The van der Waals surface area contributed by atoms with Crippen molar-refractivity contribution in [2.45, 2.75) is 31.0 Å². The van der Waals surface area contributed by atoms with Gasteiger partial charge in [-0.15, -0.1) is 0 Å². The number of aromatic nitrogens is 2. The van der Waals surface area contributed by atoms with Crippen LogP contribution >= 0.6 is 11.8 Å². The summed E-state index contributed by atoms with van der Waals surface area (Å²) < 4.78 is 0. The Morgan fingerprint density at radius 1 is 1.17 bits per heavy atom. The number of benzene rings is 2. The van der Waals surface area contributed by atoms with Gasteiger partial charge in [0.2, 0.25) is 5.91 Å². The molecule has 5 heteroatoms. The van der Waals surface area contributed by atoms with Gasteiger partial charge in [0.15, 0.2) is 5.16 Å². The fraction of sp³-hybridized carbons (Fsp3) is 0.263. The van der Waals surface area contributed by atoms with Crippen LogP contribution in [0.1, 0.15) is 31.4 Å². The van der Waals surface area contributed by atoms with E-state index in [1.54, 1.807) is 0 Å². The lowest BCUT2D eigenvalue weighted by Gasteiger charge is -2.18. The van der Waals surface area contributed by atoms with Crippen LogP contribution in [0.25, 0.3) is 11.0 Å². The lowest BCUT2D eigenvalue weighted by molar-refractivity contribution is -0.119. The first-order valence-corrected chi connectivity index (χ1v) is 9.16. The first-order valence-electron chi connectivity index (χ1n) is 8.18. The third-order valence-corrected chi connectivity index (χ3v) is 4.70. The molecule has 1 heterocycles. The Morgan fingerprint density at radius 3 is 2.67 bits per heavy atom. The molecule has 0 aliphatic rings. The summed E-state index contributed by atoms with van der Waals surface area (Å²) in [7, 11) is 0. The van der Waals surface area contributed by atoms with E-state index in [9.17, 15) is 4.79 Å². The van der Waals surface area contributed by atoms with Crippen LogP contribution < -0.4 is 5.32 Å². The summed E-state index contributed by atoms with van der Waals surface area (Å²) in [6, 6.07) is 18.1. The topological polar surface area (TPSA) is 57.8 Å². The van der Waals surface area contributed by atoms with Crippen molar-refractivity contribution in [3.8, 4) is 0 Å². The molecule has 24 heavy (non-hydrogen) atoms. The summed E-state index contributed by atoms with van der Waals surface area (Å²) in [4.78, 5) is 20.0. The third-order valence-electron chi connectivity index (χ3n) is 3.82. The Labute approximate surface area is 146 Å². The second-order valence-corrected chi connectivity index (χ2v) is 6.63. The van der Waals surface area contributed by atoms with Crippen LogP contribution in [-0.4, -0.2) is 21.6 Å². The third kappa shape index (κ3) is 4.17. The fourth-order valence-electron chi connectivity index (χ4n) is 2.66. The average Bonchev–Trinajstić information content (AvgIpc) is 3.03. The molecule has 2 aromatic carbocycles. The van der Waals surface area contributed by atoms with Crippen molar-refractivity contribution in [1.29, 1.82) is 0 Å². The van der Waals surface area contributed by atoms with E-state index in [2.05, 4.69) is 34.3 Å². The van der Waals surface area contributed by atoms with Crippen LogP contribution in [0.5, 0.6) is 0 Å². The zero-order valence-corrected chi connectivity index (χ0v) is 14.5. The molecule has 0 bridgehead atoms. The number of carbonyl (C=O) groups is 1. The van der Waals surface area contributed by atoms with Crippen molar-refractivity contribution in [3.63, 3.8) is 0 Å². The highest BCUT2D eigenvalue weighted by Crippen LogP contribution is 2.21. The summed E-state index contributed by atoms with van der Waals surface area (Å²) in [6.07, 6.45) is 1.96. The highest BCUT2D eigenvalue weighted by Gasteiger charge is 2.14. The number of H-pyrrole nitrogens is 1. The van der Waals surface area contributed by atoms with Crippen LogP contribution in [0.2, 0.25) is 0 Å². The number of aromatic amines is 1. The van der Waals surface area contributed by atoms with Gasteiger partial charge >= 0.3 is 0 Å². The second-order valence-electron chi connectivity index (χ2n) is 5.67. The molecule has 1 aromatic heterocycles. The van der Waals surface area contributed by atoms with Gasteiger partial charge < -0.3 is 10.3 Å². The van der Waals surface area contributed by atoms with Crippen LogP contribution in [0, 0.1) is 0 Å². The Kier molecular flexibility index (Phi) is 5.54. The quantitative estimate of drug-likeness (QED) is 0.631. The predicted octanol–water partition coefficient (Wildman–Crippen LogP) is 4.31. The number of hydrogen-bond acceptors (Lipinski definition) is 3. The molecule has 2 N–H and O–H groups in total. The Balaban J connectivity index is 1.59. The van der Waals surface area contributed by atoms with E-state index in [0.717, 1.165) is 34.6 Å². The minimum atomic E-state index is 0.0303. The van der Waals surface area contributed by atoms with Crippen molar-refractivity contribution < 1.29 is 4.79 Å². The maximum Gasteiger partial charge on any atom is 0.230 e. The number of para-hydroxylation sites is 2. The van der Waals surface area contributed by atoms with Gasteiger partial charge in [0.05, 0.1) is 22.8 Å². The molecule has 1 atom stereocenters. The number of amides is 1. The zero-order chi connectivity index (χ0) is 16.8. The van der Waals surface area contributed by atoms with Crippen LogP contribution in [0.3, 0.4) is 0 Å². The van der Waals surface area contributed by atoms with Crippen molar-refractivity contribution in [1.82, 2.24) is 15.3 Å². The van der Waals surface area contributed by atoms with Crippen LogP contribution in [-0.2, 0) is 4.79 Å². The molecule has 0 fully saturated rings. The van der Waals surface area contributed by atoms with Gasteiger partial charge in [-0.3, -0.25) is 4.79 Å². The number of thioether (sulfide) groups is 1. The van der Waals surface area contributed by atoms with Gasteiger partial charge in [0.1, 0.15) is 0 Å². The van der Waals surface area contributed by atoms with E-state index < -0.39 is 0 Å². The molecule has 124 valence electrons. The van der Waals surface area contributed by atoms with E-state index >= 15 is 0 Å². The van der Waals surface area contributed by atoms with Gasteiger partial charge in [-0.1, -0.05) is 67.6 Å². The minimum absolute atomic E-state index is 0.0303. The number of imidazole rings is 1. The maximum absolute atomic E-state index is 12.3. The molecule has 0 spiro atoms. The lowest BCUT2D eigenvalue weighted by atomic mass is 10.0. The van der Waals surface area contributed by atoms with Crippen molar-refractivity contribution in [3.05, 3.63) is 60.2 Å². The fourth-order valence-corrected chi connectivity index (χ4v) is 3.36. The summed E-state index contributed by atoms with van der Waals surface area (Å²) in [5, 5.41) is 3.91. The average molecular weight is 339 g/mol. The van der Waals surface area contributed by atoms with E-state index in [1.807, 2.05) is 42.5 Å². The Morgan fingerprint density at radius 2 is 1.92 bits per heavy atom. The molecule has 0 radical (unpaired) electrons. The standard InChI is InChI=1S/C19H21N3OS/c1-2-8-15(14-9-4-3-5-10-14)20-18(23)13-24-19-21-16-11-6-7-12-17(16)22-19/h3-7,9-12,15H,2,8,13H2,1H3,(H,20,23)(H,21,22). The second kappa shape index (κ2) is 8.02. The first-order chi connectivity index (χ1) is 11.8. The molecule has 3 rings (SSSR count). The monoisotopic (exact) mass is 339 g/mol. The lowest BCUT2D eigenvalue weighted by Crippen LogP contribution is -2.29.